The molecule has 1 aromatic carbocycles. The van der Waals surface area contributed by atoms with Gasteiger partial charge in [0.25, 0.3) is 0 Å². The highest BCUT2D eigenvalue weighted by molar-refractivity contribution is 5.89. The second kappa shape index (κ2) is 4.24. The highest BCUT2D eigenvalue weighted by Gasteiger charge is 2.22. The van der Waals surface area contributed by atoms with E-state index in [0.717, 1.165) is 19.5 Å². The third kappa shape index (κ3) is 2.12. The van der Waals surface area contributed by atoms with Gasteiger partial charge in [0.1, 0.15) is 6.54 Å². The summed E-state index contributed by atoms with van der Waals surface area (Å²) in [6.45, 7) is 1.96. The molecule has 0 aromatic heterocycles. The molecule has 1 heterocycles. The number of hydrogen-bond acceptors (Lipinski definition) is 2. The Kier molecular flexibility index (Phi) is 2.79. The van der Waals surface area contributed by atoms with Crippen molar-refractivity contribution in [3.8, 4) is 0 Å². The summed E-state index contributed by atoms with van der Waals surface area (Å²) < 4.78 is 5.33. The number of hydrogen-bond donors (Lipinski definition) is 1. The first-order valence-electron chi connectivity index (χ1n) is 4.94. The lowest BCUT2D eigenvalue weighted by Gasteiger charge is -2.08. The minimum Gasteiger partial charge on any atom is -0.453 e. The van der Waals surface area contributed by atoms with Crippen LogP contribution in [-0.4, -0.2) is 25.2 Å². The second-order valence-corrected chi connectivity index (χ2v) is 3.50. The van der Waals surface area contributed by atoms with Crippen molar-refractivity contribution in [3.05, 3.63) is 35.9 Å². The molecule has 0 aliphatic carbocycles. The fourth-order valence-electron chi connectivity index (χ4n) is 1.63. The zero-order valence-electron chi connectivity index (χ0n) is 7.98. The van der Waals surface area contributed by atoms with Crippen molar-refractivity contribution in [1.82, 2.24) is 0 Å². The molecule has 14 heavy (non-hydrogen) atoms. The van der Waals surface area contributed by atoms with Crippen LogP contribution in [0.15, 0.2) is 30.3 Å². The average molecular weight is 192 g/mol. The SMILES string of the molecule is O=C(O[C@H]1CC[NH2+]C1)c1ccccc1. The van der Waals surface area contributed by atoms with Crippen LogP contribution in [0.3, 0.4) is 0 Å². The molecule has 1 fully saturated rings. The van der Waals surface area contributed by atoms with Gasteiger partial charge in [0.15, 0.2) is 6.10 Å². The summed E-state index contributed by atoms with van der Waals surface area (Å²) in [7, 11) is 0. The zero-order valence-corrected chi connectivity index (χ0v) is 7.98. The van der Waals surface area contributed by atoms with Crippen molar-refractivity contribution in [2.45, 2.75) is 12.5 Å². The quantitative estimate of drug-likeness (QED) is 0.679. The maximum atomic E-state index is 11.6. The Hall–Kier alpha value is -1.35. The normalized spacial score (nSPS) is 20.7. The van der Waals surface area contributed by atoms with Gasteiger partial charge in [-0.15, -0.1) is 0 Å². The number of benzene rings is 1. The second-order valence-electron chi connectivity index (χ2n) is 3.50. The molecule has 0 saturated carbocycles. The van der Waals surface area contributed by atoms with Gasteiger partial charge in [0.05, 0.1) is 12.1 Å². The van der Waals surface area contributed by atoms with E-state index in [0.29, 0.717) is 5.56 Å². The lowest BCUT2D eigenvalue weighted by Crippen LogP contribution is -2.81. The lowest BCUT2D eigenvalue weighted by molar-refractivity contribution is -0.638. The number of nitrogens with two attached hydrogens (primary N) is 1. The molecule has 0 amide bonds. The molecular formula is C11H14NO2+. The first kappa shape index (κ1) is 9.21. The van der Waals surface area contributed by atoms with Gasteiger partial charge in [0.2, 0.25) is 0 Å². The fourth-order valence-corrected chi connectivity index (χ4v) is 1.63. The van der Waals surface area contributed by atoms with Crippen LogP contribution in [0.4, 0.5) is 0 Å². The van der Waals surface area contributed by atoms with Crippen LogP contribution in [0, 0.1) is 0 Å². The third-order valence-electron chi connectivity index (χ3n) is 2.41. The summed E-state index contributed by atoms with van der Waals surface area (Å²) in [6, 6.07) is 9.14. The van der Waals surface area contributed by atoms with E-state index < -0.39 is 0 Å². The van der Waals surface area contributed by atoms with E-state index in [9.17, 15) is 4.79 Å². The summed E-state index contributed by atoms with van der Waals surface area (Å²) in [6.07, 6.45) is 1.07. The standard InChI is InChI=1S/C11H13NO2/c13-11(9-4-2-1-3-5-9)14-10-6-7-12-8-10/h1-5,10,12H,6-8H2/p+1/t10-/m0/s1. The monoisotopic (exact) mass is 192 g/mol. The maximum Gasteiger partial charge on any atom is 0.338 e. The Labute approximate surface area is 83.1 Å². The summed E-state index contributed by atoms with van der Waals surface area (Å²) in [5.41, 5.74) is 0.638. The molecular weight excluding hydrogens is 178 g/mol. The molecule has 0 radical (unpaired) electrons. The van der Waals surface area contributed by atoms with Crippen LogP contribution < -0.4 is 5.32 Å². The van der Waals surface area contributed by atoms with Crippen LogP contribution in [0.2, 0.25) is 0 Å². The van der Waals surface area contributed by atoms with Crippen molar-refractivity contribution in [3.63, 3.8) is 0 Å². The molecule has 0 unspecified atom stereocenters. The highest BCUT2D eigenvalue weighted by atomic mass is 16.5. The molecule has 1 aliphatic heterocycles. The van der Waals surface area contributed by atoms with Crippen molar-refractivity contribution < 1.29 is 14.8 Å². The van der Waals surface area contributed by atoms with E-state index in [1.807, 2.05) is 18.2 Å². The predicted molar refractivity (Wildman–Crippen MR) is 51.9 cm³/mol. The predicted octanol–water partition coefficient (Wildman–Crippen LogP) is 0.179. The Bertz CT molecular complexity index is 304. The molecule has 3 heteroatoms. The summed E-state index contributed by atoms with van der Waals surface area (Å²) in [5.74, 6) is -0.203. The van der Waals surface area contributed by atoms with E-state index in [4.69, 9.17) is 4.74 Å². The third-order valence-corrected chi connectivity index (χ3v) is 2.41. The first-order valence-corrected chi connectivity index (χ1v) is 4.94. The van der Waals surface area contributed by atoms with Gasteiger partial charge < -0.3 is 10.1 Å². The van der Waals surface area contributed by atoms with Gasteiger partial charge in [-0.3, -0.25) is 0 Å². The number of ether oxygens (including phenoxy) is 1. The van der Waals surface area contributed by atoms with E-state index in [-0.39, 0.29) is 12.1 Å². The fraction of sp³-hybridized carbons (Fsp3) is 0.364. The molecule has 1 aliphatic rings. The summed E-state index contributed by atoms with van der Waals surface area (Å²) >= 11 is 0. The van der Waals surface area contributed by atoms with Crippen LogP contribution in [0.25, 0.3) is 0 Å². The molecule has 2 rings (SSSR count). The maximum absolute atomic E-state index is 11.6. The Morgan fingerprint density at radius 3 is 2.79 bits per heavy atom. The Balaban J connectivity index is 1.95. The van der Waals surface area contributed by atoms with Gasteiger partial charge in [-0.25, -0.2) is 4.79 Å². The molecule has 3 nitrogen and oxygen atoms in total. The largest absolute Gasteiger partial charge is 0.453 e. The number of esters is 1. The van der Waals surface area contributed by atoms with Crippen LogP contribution in [0.5, 0.6) is 0 Å². The molecule has 74 valence electrons. The Morgan fingerprint density at radius 2 is 2.14 bits per heavy atom. The molecule has 0 spiro atoms. The minimum atomic E-state index is -0.203. The van der Waals surface area contributed by atoms with E-state index >= 15 is 0 Å². The van der Waals surface area contributed by atoms with Crippen molar-refractivity contribution >= 4 is 5.97 Å². The van der Waals surface area contributed by atoms with Crippen molar-refractivity contribution in [1.29, 1.82) is 0 Å². The van der Waals surface area contributed by atoms with E-state index in [1.165, 1.54) is 0 Å². The van der Waals surface area contributed by atoms with Gasteiger partial charge in [-0.2, -0.15) is 0 Å². The average Bonchev–Trinajstić information content (AvgIpc) is 2.72. The lowest BCUT2D eigenvalue weighted by atomic mass is 10.2. The van der Waals surface area contributed by atoms with Gasteiger partial charge in [0, 0.05) is 6.42 Å². The highest BCUT2D eigenvalue weighted by Crippen LogP contribution is 2.06. The topological polar surface area (TPSA) is 42.9 Å². The van der Waals surface area contributed by atoms with Crippen LogP contribution >= 0.6 is 0 Å². The van der Waals surface area contributed by atoms with Gasteiger partial charge in [-0.05, 0) is 12.1 Å². The zero-order chi connectivity index (χ0) is 9.80. The van der Waals surface area contributed by atoms with Crippen LogP contribution in [-0.2, 0) is 4.74 Å². The molecule has 1 saturated heterocycles. The van der Waals surface area contributed by atoms with E-state index in [2.05, 4.69) is 5.32 Å². The molecule has 0 bridgehead atoms. The summed E-state index contributed by atoms with van der Waals surface area (Å²) in [4.78, 5) is 11.6. The summed E-state index contributed by atoms with van der Waals surface area (Å²) in [5, 5.41) is 2.17. The first-order chi connectivity index (χ1) is 6.86. The minimum absolute atomic E-state index is 0.0997. The number of carbonyl (C=O) groups excluding carboxylic acids is 1. The smallest absolute Gasteiger partial charge is 0.338 e. The molecule has 2 N–H and O–H groups in total. The van der Waals surface area contributed by atoms with Crippen molar-refractivity contribution in [2.24, 2.45) is 0 Å². The number of quaternary nitrogens is 1. The van der Waals surface area contributed by atoms with E-state index in [1.54, 1.807) is 12.1 Å². The van der Waals surface area contributed by atoms with Gasteiger partial charge in [-0.1, -0.05) is 18.2 Å². The molecule has 1 aromatic rings. The number of rotatable bonds is 2. The Morgan fingerprint density at radius 1 is 1.36 bits per heavy atom. The van der Waals surface area contributed by atoms with Crippen molar-refractivity contribution in [2.75, 3.05) is 13.1 Å². The van der Waals surface area contributed by atoms with Crippen LogP contribution in [0.1, 0.15) is 16.8 Å². The molecule has 1 atom stereocenters. The van der Waals surface area contributed by atoms with Gasteiger partial charge >= 0.3 is 5.97 Å². The number of carbonyl (C=O) groups is 1.